The molecule has 0 rings (SSSR count). The Morgan fingerprint density at radius 1 is 0.867 bits per heavy atom. The van der Waals surface area contributed by atoms with Crippen molar-refractivity contribution < 1.29 is 25.5 Å². The predicted octanol–water partition coefficient (Wildman–Crippen LogP) is -2.62. The van der Waals surface area contributed by atoms with Crippen molar-refractivity contribution in [1.29, 1.82) is 0 Å². The van der Waals surface area contributed by atoms with E-state index in [1.54, 1.807) is 4.90 Å². The lowest BCUT2D eigenvalue weighted by atomic mass is 10.1. The molecule has 0 aliphatic carbocycles. The maximum Gasteiger partial charge on any atom is 0.0786 e. The molecule has 92 valence electrons. The molecule has 5 N–H and O–H groups in total. The summed E-state index contributed by atoms with van der Waals surface area (Å²) in [5.74, 6) is 0. The third-order valence-corrected chi connectivity index (χ3v) is 2.26. The number of hydrogen-bond acceptors (Lipinski definition) is 6. The van der Waals surface area contributed by atoms with Gasteiger partial charge in [0.25, 0.3) is 0 Å². The minimum absolute atomic E-state index is 0.0777. The third kappa shape index (κ3) is 6.03. The van der Waals surface area contributed by atoms with Gasteiger partial charge in [-0.3, -0.25) is 4.90 Å². The molecule has 2 unspecified atom stereocenters. The van der Waals surface area contributed by atoms with E-state index < -0.39 is 6.10 Å². The van der Waals surface area contributed by atoms with Crippen LogP contribution in [0.2, 0.25) is 0 Å². The summed E-state index contributed by atoms with van der Waals surface area (Å²) >= 11 is 0. The minimum atomic E-state index is -0.887. The second-order valence-electron chi connectivity index (χ2n) is 3.39. The molecule has 0 aromatic heterocycles. The van der Waals surface area contributed by atoms with E-state index in [1.807, 2.05) is 0 Å². The molecule has 0 amide bonds. The zero-order chi connectivity index (χ0) is 11.7. The molecular weight excluding hydrogens is 202 g/mol. The predicted molar refractivity (Wildman–Crippen MR) is 54.3 cm³/mol. The Labute approximate surface area is 89.4 Å². The number of aliphatic hydroxyl groups excluding tert-OH is 5. The highest BCUT2D eigenvalue weighted by Crippen LogP contribution is 2.06. The first-order valence-corrected chi connectivity index (χ1v) is 5.05. The van der Waals surface area contributed by atoms with Crippen LogP contribution >= 0.6 is 0 Å². The van der Waals surface area contributed by atoms with E-state index in [0.717, 1.165) is 0 Å². The Morgan fingerprint density at radius 2 is 1.40 bits per heavy atom. The first kappa shape index (κ1) is 14.8. The molecule has 0 radical (unpaired) electrons. The smallest absolute Gasteiger partial charge is 0.0786 e. The van der Waals surface area contributed by atoms with Gasteiger partial charge < -0.3 is 25.5 Å². The summed E-state index contributed by atoms with van der Waals surface area (Å²) in [6.07, 6.45) is -0.672. The fourth-order valence-corrected chi connectivity index (χ4v) is 1.46. The zero-order valence-corrected chi connectivity index (χ0v) is 8.79. The van der Waals surface area contributed by atoms with E-state index in [9.17, 15) is 5.11 Å². The van der Waals surface area contributed by atoms with Crippen molar-refractivity contribution in [2.24, 2.45) is 0 Å². The molecule has 6 heteroatoms. The average Bonchev–Trinajstić information content (AvgIpc) is 2.25. The summed E-state index contributed by atoms with van der Waals surface area (Å²) in [6.45, 7) is -0.0506. The third-order valence-electron chi connectivity index (χ3n) is 2.26. The summed E-state index contributed by atoms with van der Waals surface area (Å²) in [5, 5.41) is 44.6. The van der Waals surface area contributed by atoms with E-state index in [0.29, 0.717) is 13.1 Å². The van der Waals surface area contributed by atoms with Crippen LogP contribution in [0.15, 0.2) is 0 Å². The van der Waals surface area contributed by atoms with Crippen LogP contribution in [0, 0.1) is 0 Å². The summed E-state index contributed by atoms with van der Waals surface area (Å²) in [6, 6.07) is -0.355. The van der Waals surface area contributed by atoms with Crippen molar-refractivity contribution in [2.45, 2.75) is 18.6 Å². The Kier molecular flexibility index (Phi) is 8.88. The van der Waals surface area contributed by atoms with Crippen LogP contribution in [0.25, 0.3) is 0 Å². The monoisotopic (exact) mass is 223 g/mol. The van der Waals surface area contributed by atoms with Gasteiger partial charge in [0.15, 0.2) is 0 Å². The number of aliphatic hydroxyl groups is 5. The molecule has 0 aliphatic heterocycles. The molecule has 6 nitrogen and oxygen atoms in total. The Hall–Kier alpha value is -0.240. The summed E-state index contributed by atoms with van der Waals surface area (Å²) in [4.78, 5) is 1.68. The highest BCUT2D eigenvalue weighted by molar-refractivity contribution is 4.74. The highest BCUT2D eigenvalue weighted by Gasteiger charge is 2.19. The van der Waals surface area contributed by atoms with E-state index in [2.05, 4.69) is 0 Å². The second-order valence-corrected chi connectivity index (χ2v) is 3.39. The van der Waals surface area contributed by atoms with Crippen LogP contribution < -0.4 is 0 Å². The highest BCUT2D eigenvalue weighted by atomic mass is 16.3. The number of rotatable bonds is 9. The molecule has 0 saturated carbocycles. The van der Waals surface area contributed by atoms with Gasteiger partial charge in [-0.15, -0.1) is 0 Å². The second kappa shape index (κ2) is 9.02. The van der Waals surface area contributed by atoms with Gasteiger partial charge in [-0.1, -0.05) is 0 Å². The standard InChI is InChI=1S/C9H21NO5/c11-3-1-10(2-4-12)8(6-13)5-9(15)7-14/h8-9,11-15H,1-7H2. The van der Waals surface area contributed by atoms with Gasteiger partial charge in [0, 0.05) is 19.1 Å². The van der Waals surface area contributed by atoms with E-state index in [4.69, 9.17) is 20.4 Å². The van der Waals surface area contributed by atoms with E-state index in [-0.39, 0.29) is 38.9 Å². The SMILES string of the molecule is OCCN(CCO)C(CO)CC(O)CO. The van der Waals surface area contributed by atoms with Crippen LogP contribution in [0.5, 0.6) is 0 Å². The maximum absolute atomic E-state index is 9.23. The molecular formula is C9H21NO5. The Balaban J connectivity index is 4.16. The van der Waals surface area contributed by atoms with Gasteiger partial charge in [-0.2, -0.15) is 0 Å². The molecule has 15 heavy (non-hydrogen) atoms. The van der Waals surface area contributed by atoms with Gasteiger partial charge in [0.2, 0.25) is 0 Å². The molecule has 0 aliphatic rings. The van der Waals surface area contributed by atoms with Crippen molar-refractivity contribution in [3.05, 3.63) is 0 Å². The molecule has 0 bridgehead atoms. The quantitative estimate of drug-likeness (QED) is 0.293. The van der Waals surface area contributed by atoms with Crippen LogP contribution in [0.3, 0.4) is 0 Å². The fourth-order valence-electron chi connectivity index (χ4n) is 1.46. The fraction of sp³-hybridized carbons (Fsp3) is 1.00. The van der Waals surface area contributed by atoms with Gasteiger partial charge in [-0.25, -0.2) is 0 Å². The van der Waals surface area contributed by atoms with Crippen molar-refractivity contribution in [3.63, 3.8) is 0 Å². The molecule has 0 spiro atoms. The number of nitrogens with zero attached hydrogens (tertiary/aromatic N) is 1. The average molecular weight is 223 g/mol. The molecule has 0 aromatic carbocycles. The lowest BCUT2D eigenvalue weighted by molar-refractivity contribution is 0.0255. The van der Waals surface area contributed by atoms with Crippen LogP contribution in [-0.4, -0.2) is 82.1 Å². The maximum atomic E-state index is 9.23. The molecule has 2 atom stereocenters. The normalized spacial score (nSPS) is 15.6. The first-order valence-electron chi connectivity index (χ1n) is 5.05. The van der Waals surface area contributed by atoms with Crippen molar-refractivity contribution >= 4 is 0 Å². The van der Waals surface area contributed by atoms with Crippen LogP contribution in [0.1, 0.15) is 6.42 Å². The Bertz CT molecular complexity index is 140. The van der Waals surface area contributed by atoms with Gasteiger partial charge >= 0.3 is 0 Å². The molecule has 0 aromatic rings. The van der Waals surface area contributed by atoms with Crippen molar-refractivity contribution in [2.75, 3.05) is 39.5 Å². The lowest BCUT2D eigenvalue weighted by Crippen LogP contribution is -2.43. The van der Waals surface area contributed by atoms with E-state index >= 15 is 0 Å². The zero-order valence-electron chi connectivity index (χ0n) is 8.79. The lowest BCUT2D eigenvalue weighted by Gasteiger charge is -2.30. The summed E-state index contributed by atoms with van der Waals surface area (Å²) in [5.41, 5.74) is 0. The number of hydrogen-bond donors (Lipinski definition) is 5. The summed E-state index contributed by atoms with van der Waals surface area (Å²) < 4.78 is 0. The van der Waals surface area contributed by atoms with Crippen molar-refractivity contribution in [1.82, 2.24) is 4.90 Å². The minimum Gasteiger partial charge on any atom is -0.395 e. The first-order chi connectivity index (χ1) is 7.19. The van der Waals surface area contributed by atoms with Gasteiger partial charge in [0.05, 0.1) is 32.5 Å². The van der Waals surface area contributed by atoms with Gasteiger partial charge in [0.1, 0.15) is 0 Å². The van der Waals surface area contributed by atoms with Crippen LogP contribution in [0.4, 0.5) is 0 Å². The largest absolute Gasteiger partial charge is 0.395 e. The summed E-state index contributed by atoms with van der Waals surface area (Å²) in [7, 11) is 0. The van der Waals surface area contributed by atoms with Gasteiger partial charge in [-0.05, 0) is 6.42 Å². The van der Waals surface area contributed by atoms with E-state index in [1.165, 1.54) is 0 Å². The molecule has 0 heterocycles. The molecule has 0 fully saturated rings. The Morgan fingerprint density at radius 3 is 1.73 bits per heavy atom. The topological polar surface area (TPSA) is 104 Å². The van der Waals surface area contributed by atoms with Crippen molar-refractivity contribution in [3.8, 4) is 0 Å². The van der Waals surface area contributed by atoms with Crippen LogP contribution in [-0.2, 0) is 0 Å². The molecule has 0 saturated heterocycles.